The first-order valence-corrected chi connectivity index (χ1v) is 11.6. The zero-order valence-corrected chi connectivity index (χ0v) is 20.0. The number of amides is 2. The standard InChI is InChI=1S/C26H26N6O4/c1-15-24-18(26(34)29-13-16-6-9-20(21(11-16)35-2)36-14-22(27)33)12-19(17-7-8-17)30-25(24)32(31-15)23-5-3-4-10-28-23/h3-6,9-12,17H,7-8,13-14H2,1-2H3,(H2,27,33)(H,29,34). The van der Waals surface area contributed by atoms with Crippen LogP contribution < -0.4 is 20.5 Å². The number of hydrogen-bond donors (Lipinski definition) is 2. The minimum Gasteiger partial charge on any atom is -0.493 e. The van der Waals surface area contributed by atoms with E-state index in [2.05, 4.69) is 15.4 Å². The molecule has 0 atom stereocenters. The van der Waals surface area contributed by atoms with Gasteiger partial charge in [0.05, 0.1) is 23.8 Å². The highest BCUT2D eigenvalue weighted by Gasteiger charge is 2.29. The van der Waals surface area contributed by atoms with Gasteiger partial charge in [0.1, 0.15) is 0 Å². The number of primary amides is 1. The van der Waals surface area contributed by atoms with Gasteiger partial charge in [-0.25, -0.2) is 9.97 Å². The molecule has 36 heavy (non-hydrogen) atoms. The van der Waals surface area contributed by atoms with Crippen molar-refractivity contribution in [1.29, 1.82) is 0 Å². The molecule has 1 aliphatic carbocycles. The number of rotatable bonds is 9. The van der Waals surface area contributed by atoms with Crippen LogP contribution in [0.5, 0.6) is 11.5 Å². The largest absolute Gasteiger partial charge is 0.493 e. The summed E-state index contributed by atoms with van der Waals surface area (Å²) in [5, 5.41) is 8.36. The predicted molar refractivity (Wildman–Crippen MR) is 132 cm³/mol. The van der Waals surface area contributed by atoms with Gasteiger partial charge in [-0.05, 0) is 55.7 Å². The number of nitrogens with one attached hydrogen (secondary N) is 1. The van der Waals surface area contributed by atoms with Gasteiger partial charge in [0.15, 0.2) is 29.6 Å². The van der Waals surface area contributed by atoms with E-state index in [-0.39, 0.29) is 19.1 Å². The third-order valence-electron chi connectivity index (χ3n) is 5.99. The zero-order valence-electron chi connectivity index (χ0n) is 20.0. The summed E-state index contributed by atoms with van der Waals surface area (Å²) in [6.45, 7) is 1.88. The fraction of sp³-hybridized carbons (Fsp3) is 0.269. The maximum atomic E-state index is 13.4. The van der Waals surface area contributed by atoms with E-state index >= 15 is 0 Å². The molecule has 3 aromatic heterocycles. The number of methoxy groups -OCH3 is 1. The molecular weight excluding hydrogens is 460 g/mol. The summed E-state index contributed by atoms with van der Waals surface area (Å²) in [5.41, 5.74) is 8.71. The lowest BCUT2D eigenvalue weighted by molar-refractivity contribution is -0.119. The molecule has 10 nitrogen and oxygen atoms in total. The predicted octanol–water partition coefficient (Wildman–Crippen LogP) is 2.80. The summed E-state index contributed by atoms with van der Waals surface area (Å²) in [4.78, 5) is 33.7. The van der Waals surface area contributed by atoms with Crippen molar-refractivity contribution in [2.75, 3.05) is 13.7 Å². The Hall–Kier alpha value is -4.47. The third kappa shape index (κ3) is 4.70. The van der Waals surface area contributed by atoms with Crippen LogP contribution in [0, 0.1) is 6.92 Å². The molecule has 0 saturated heterocycles. The first-order chi connectivity index (χ1) is 17.4. The summed E-state index contributed by atoms with van der Waals surface area (Å²) in [6.07, 6.45) is 3.81. The Morgan fingerprint density at radius 3 is 2.69 bits per heavy atom. The quantitative estimate of drug-likeness (QED) is 0.371. The SMILES string of the molecule is COc1cc(CNC(=O)c2cc(C3CC3)nc3c2c(C)nn3-c2ccccn2)ccc1OCC(N)=O. The van der Waals surface area contributed by atoms with Crippen LogP contribution in [0.15, 0.2) is 48.7 Å². The number of carbonyl (C=O) groups is 2. The van der Waals surface area contributed by atoms with Crippen molar-refractivity contribution >= 4 is 22.8 Å². The van der Waals surface area contributed by atoms with Gasteiger partial charge >= 0.3 is 0 Å². The second-order valence-electron chi connectivity index (χ2n) is 8.68. The Kier molecular flexibility index (Phi) is 6.24. The molecule has 1 saturated carbocycles. The van der Waals surface area contributed by atoms with E-state index in [0.717, 1.165) is 24.1 Å². The molecule has 0 aliphatic heterocycles. The number of pyridine rings is 2. The monoisotopic (exact) mass is 486 g/mol. The van der Waals surface area contributed by atoms with E-state index in [0.29, 0.717) is 45.5 Å². The van der Waals surface area contributed by atoms with Crippen molar-refractivity contribution in [1.82, 2.24) is 25.1 Å². The first kappa shape index (κ1) is 23.3. The van der Waals surface area contributed by atoms with Gasteiger partial charge < -0.3 is 20.5 Å². The van der Waals surface area contributed by atoms with Crippen LogP contribution in [0.3, 0.4) is 0 Å². The van der Waals surface area contributed by atoms with E-state index in [1.807, 2.05) is 31.2 Å². The zero-order chi connectivity index (χ0) is 25.2. The maximum absolute atomic E-state index is 13.4. The molecule has 1 aliphatic rings. The Labute approximate surface area is 207 Å². The molecular formula is C26H26N6O4. The second-order valence-corrected chi connectivity index (χ2v) is 8.68. The smallest absolute Gasteiger partial charge is 0.255 e. The number of hydrogen-bond acceptors (Lipinski definition) is 7. The number of benzene rings is 1. The lowest BCUT2D eigenvalue weighted by Crippen LogP contribution is -2.23. The highest BCUT2D eigenvalue weighted by atomic mass is 16.5. The highest BCUT2D eigenvalue weighted by Crippen LogP contribution is 2.40. The van der Waals surface area contributed by atoms with Crippen LogP contribution in [0.25, 0.3) is 16.9 Å². The van der Waals surface area contributed by atoms with Crippen LogP contribution in [-0.4, -0.2) is 45.3 Å². The average Bonchev–Trinajstić information content (AvgIpc) is 3.69. The topological polar surface area (TPSA) is 134 Å². The van der Waals surface area contributed by atoms with Gasteiger partial charge in [-0.2, -0.15) is 9.78 Å². The van der Waals surface area contributed by atoms with Crippen molar-refractivity contribution in [3.05, 3.63) is 71.2 Å². The van der Waals surface area contributed by atoms with Crippen molar-refractivity contribution < 1.29 is 19.1 Å². The van der Waals surface area contributed by atoms with Gasteiger partial charge in [0.25, 0.3) is 11.8 Å². The Bertz CT molecular complexity index is 1450. The van der Waals surface area contributed by atoms with Gasteiger partial charge in [0, 0.05) is 24.4 Å². The molecule has 3 heterocycles. The highest BCUT2D eigenvalue weighted by molar-refractivity contribution is 6.06. The van der Waals surface area contributed by atoms with Gasteiger partial charge in [-0.15, -0.1) is 0 Å². The molecule has 184 valence electrons. The van der Waals surface area contributed by atoms with E-state index in [1.54, 1.807) is 29.1 Å². The Morgan fingerprint density at radius 1 is 1.17 bits per heavy atom. The Morgan fingerprint density at radius 2 is 2.00 bits per heavy atom. The molecule has 10 heteroatoms. The summed E-state index contributed by atoms with van der Waals surface area (Å²) in [5.74, 6) is 1.04. The van der Waals surface area contributed by atoms with E-state index in [1.165, 1.54) is 7.11 Å². The Balaban J connectivity index is 1.44. The number of carbonyl (C=O) groups excluding carboxylic acids is 2. The number of nitrogens with zero attached hydrogens (tertiary/aromatic N) is 4. The third-order valence-corrected chi connectivity index (χ3v) is 5.99. The van der Waals surface area contributed by atoms with Crippen LogP contribution in [-0.2, 0) is 11.3 Å². The van der Waals surface area contributed by atoms with Crippen molar-refractivity contribution in [2.45, 2.75) is 32.2 Å². The molecule has 0 spiro atoms. The van der Waals surface area contributed by atoms with E-state index in [4.69, 9.17) is 20.2 Å². The minimum atomic E-state index is -0.579. The fourth-order valence-electron chi connectivity index (χ4n) is 4.08. The van der Waals surface area contributed by atoms with Crippen LogP contribution in [0.1, 0.15) is 46.1 Å². The van der Waals surface area contributed by atoms with Crippen LogP contribution in [0.4, 0.5) is 0 Å². The molecule has 4 aromatic rings. The number of ether oxygens (including phenoxy) is 2. The minimum absolute atomic E-state index is 0.221. The number of nitrogens with two attached hydrogens (primary N) is 1. The van der Waals surface area contributed by atoms with Crippen molar-refractivity contribution in [2.24, 2.45) is 5.73 Å². The summed E-state index contributed by atoms with van der Waals surface area (Å²) in [7, 11) is 1.50. The summed E-state index contributed by atoms with van der Waals surface area (Å²) >= 11 is 0. The van der Waals surface area contributed by atoms with E-state index < -0.39 is 5.91 Å². The summed E-state index contributed by atoms with van der Waals surface area (Å²) in [6, 6.07) is 12.7. The molecule has 5 rings (SSSR count). The van der Waals surface area contributed by atoms with Gasteiger partial charge in [-0.3, -0.25) is 9.59 Å². The average molecular weight is 487 g/mol. The lowest BCUT2D eigenvalue weighted by atomic mass is 10.1. The van der Waals surface area contributed by atoms with Crippen molar-refractivity contribution in [3.8, 4) is 17.3 Å². The fourth-order valence-corrected chi connectivity index (χ4v) is 4.08. The molecule has 0 unspecified atom stereocenters. The van der Waals surface area contributed by atoms with Gasteiger partial charge in [0.2, 0.25) is 0 Å². The van der Waals surface area contributed by atoms with E-state index in [9.17, 15) is 9.59 Å². The molecule has 1 aromatic carbocycles. The summed E-state index contributed by atoms with van der Waals surface area (Å²) < 4.78 is 12.4. The normalized spacial score (nSPS) is 12.9. The molecule has 3 N–H and O–H groups in total. The number of aromatic nitrogens is 4. The van der Waals surface area contributed by atoms with Crippen molar-refractivity contribution in [3.63, 3.8) is 0 Å². The first-order valence-electron chi connectivity index (χ1n) is 11.6. The van der Waals surface area contributed by atoms with Crippen LogP contribution in [0.2, 0.25) is 0 Å². The number of aryl methyl sites for hydroxylation is 1. The molecule has 2 amide bonds. The molecule has 1 fully saturated rings. The second kappa shape index (κ2) is 9.65. The maximum Gasteiger partial charge on any atom is 0.255 e. The number of fused-ring (bicyclic) bond motifs is 1. The van der Waals surface area contributed by atoms with Gasteiger partial charge in [-0.1, -0.05) is 12.1 Å². The molecule has 0 radical (unpaired) electrons. The lowest BCUT2D eigenvalue weighted by Gasteiger charge is -2.12. The molecule has 0 bridgehead atoms. The van der Waals surface area contributed by atoms with Crippen LogP contribution >= 0.6 is 0 Å².